The van der Waals surface area contributed by atoms with E-state index >= 15 is 0 Å². The Balaban J connectivity index is 2.63. The van der Waals surface area contributed by atoms with Crippen molar-refractivity contribution >= 4 is 5.78 Å². The number of methoxy groups -OCH3 is 6. The molecule has 0 radical (unpaired) electrons. The summed E-state index contributed by atoms with van der Waals surface area (Å²) < 4.78 is 31.7. The number of carbonyl (C=O) groups is 1. The van der Waals surface area contributed by atoms with Crippen LogP contribution in [0.4, 0.5) is 0 Å². The largest absolute Gasteiger partial charge is 0.496 e. The van der Waals surface area contributed by atoms with Gasteiger partial charge in [-0.2, -0.15) is 0 Å². The molecule has 0 unspecified atom stereocenters. The molecule has 8 heteroatoms. The van der Waals surface area contributed by atoms with Gasteiger partial charge in [0.1, 0.15) is 46.2 Å². The molecule has 0 aromatic heterocycles. The highest BCUT2D eigenvalue weighted by molar-refractivity contribution is 6.05. The lowest BCUT2D eigenvalue weighted by atomic mass is 9.96. The van der Waals surface area contributed by atoms with Crippen LogP contribution >= 0.6 is 0 Å². The number of aliphatic hydroxyl groups excluding tert-OH is 1. The second-order valence-electron chi connectivity index (χ2n) is 5.62. The molecule has 8 nitrogen and oxygen atoms in total. The molecule has 2 aromatic rings. The molecule has 0 aliphatic rings. The van der Waals surface area contributed by atoms with E-state index < -0.39 is 11.9 Å². The van der Waals surface area contributed by atoms with Gasteiger partial charge in [0, 0.05) is 24.3 Å². The Morgan fingerprint density at radius 2 is 1.04 bits per heavy atom. The summed E-state index contributed by atoms with van der Waals surface area (Å²) in [5, 5.41) is 10.9. The average Bonchev–Trinajstić information content (AvgIpc) is 2.75. The maximum Gasteiger partial charge on any atom is 0.203 e. The second kappa shape index (κ2) is 9.18. The van der Waals surface area contributed by atoms with E-state index in [0.717, 1.165) is 0 Å². The number of benzene rings is 2. The van der Waals surface area contributed by atoms with Crippen molar-refractivity contribution in [2.24, 2.45) is 0 Å². The van der Waals surface area contributed by atoms with Crippen LogP contribution in [0.3, 0.4) is 0 Å². The lowest BCUT2D eigenvalue weighted by Gasteiger charge is -2.20. The summed E-state index contributed by atoms with van der Waals surface area (Å²) in [6, 6.07) is 6.17. The Kier molecular flexibility index (Phi) is 6.94. The first-order valence-corrected chi connectivity index (χ1v) is 8.27. The van der Waals surface area contributed by atoms with E-state index in [4.69, 9.17) is 28.4 Å². The van der Waals surface area contributed by atoms with Crippen LogP contribution in [0, 0.1) is 0 Å². The molecule has 152 valence electrons. The van der Waals surface area contributed by atoms with Crippen molar-refractivity contribution in [3.05, 3.63) is 35.4 Å². The molecule has 0 amide bonds. The molecule has 0 heterocycles. The van der Waals surface area contributed by atoms with E-state index in [0.29, 0.717) is 11.5 Å². The van der Waals surface area contributed by atoms with Gasteiger partial charge in [-0.25, -0.2) is 0 Å². The quantitative estimate of drug-likeness (QED) is 0.651. The molecule has 0 aliphatic carbocycles. The zero-order valence-corrected chi connectivity index (χ0v) is 16.7. The lowest BCUT2D eigenvalue weighted by molar-refractivity contribution is 0.0729. The highest BCUT2D eigenvalue weighted by atomic mass is 16.5. The van der Waals surface area contributed by atoms with Gasteiger partial charge in [-0.05, 0) is 0 Å². The summed E-state index contributed by atoms with van der Waals surface area (Å²) in [6.07, 6.45) is -1.60. The van der Waals surface area contributed by atoms with Gasteiger partial charge in [-0.15, -0.1) is 0 Å². The highest BCUT2D eigenvalue weighted by Gasteiger charge is 2.32. The van der Waals surface area contributed by atoms with Gasteiger partial charge >= 0.3 is 0 Å². The standard InChI is InChI=1S/C20H24O8/c1-23-11-7-13(25-3)17(14(8-11)26-4)19(21)20(22)18-15(27-5)9-12(24-2)10-16(18)28-6/h7-10,19,21H,1-6H3/t19-/m1/s1. The molecule has 0 fully saturated rings. The summed E-state index contributed by atoms with van der Waals surface area (Å²) in [5.74, 6) is 1.12. The fraction of sp³-hybridized carbons (Fsp3) is 0.350. The fourth-order valence-electron chi connectivity index (χ4n) is 2.82. The Hall–Kier alpha value is -3.13. The maximum atomic E-state index is 13.2. The third-order valence-corrected chi connectivity index (χ3v) is 4.24. The van der Waals surface area contributed by atoms with Crippen LogP contribution in [0.2, 0.25) is 0 Å². The van der Waals surface area contributed by atoms with Crippen molar-refractivity contribution in [1.29, 1.82) is 0 Å². The molecule has 1 atom stereocenters. The van der Waals surface area contributed by atoms with Crippen LogP contribution in [0.25, 0.3) is 0 Å². The van der Waals surface area contributed by atoms with Crippen LogP contribution in [-0.2, 0) is 0 Å². The van der Waals surface area contributed by atoms with Crippen molar-refractivity contribution in [2.75, 3.05) is 42.7 Å². The molecule has 1 N–H and O–H groups in total. The first kappa shape index (κ1) is 21.2. The Bertz CT molecular complexity index is 796. The number of aliphatic hydroxyl groups is 1. The third kappa shape index (κ3) is 3.91. The van der Waals surface area contributed by atoms with Gasteiger partial charge in [-0.3, -0.25) is 4.79 Å². The lowest BCUT2D eigenvalue weighted by Crippen LogP contribution is -2.17. The van der Waals surface area contributed by atoms with Crippen LogP contribution in [0.5, 0.6) is 34.5 Å². The first-order chi connectivity index (χ1) is 13.4. The summed E-state index contributed by atoms with van der Waals surface area (Å²) in [7, 11) is 8.63. The molecule has 2 aromatic carbocycles. The van der Waals surface area contributed by atoms with Crippen LogP contribution < -0.4 is 28.4 Å². The zero-order valence-electron chi connectivity index (χ0n) is 16.7. The van der Waals surface area contributed by atoms with Crippen LogP contribution in [0.1, 0.15) is 22.0 Å². The molecule has 0 spiro atoms. The second-order valence-corrected chi connectivity index (χ2v) is 5.62. The smallest absolute Gasteiger partial charge is 0.203 e. The SMILES string of the molecule is COc1cc(OC)c(C(=O)[C@H](O)c2c(OC)cc(OC)cc2OC)c(OC)c1. The highest BCUT2D eigenvalue weighted by Crippen LogP contribution is 2.42. The van der Waals surface area contributed by atoms with Crippen LogP contribution in [-0.4, -0.2) is 53.5 Å². The zero-order chi connectivity index (χ0) is 20.8. The number of Topliss-reactive ketones (excluding diaryl/α,β-unsaturated/α-hetero) is 1. The minimum atomic E-state index is -1.60. The first-order valence-electron chi connectivity index (χ1n) is 8.27. The minimum absolute atomic E-state index is 0.0678. The molecule has 0 saturated carbocycles. The minimum Gasteiger partial charge on any atom is -0.496 e. The summed E-state index contributed by atoms with van der Waals surface area (Å²) >= 11 is 0. The fourth-order valence-corrected chi connectivity index (χ4v) is 2.82. The topological polar surface area (TPSA) is 92.7 Å². The van der Waals surface area contributed by atoms with Crippen molar-refractivity contribution < 1.29 is 38.3 Å². The van der Waals surface area contributed by atoms with Gasteiger partial charge in [0.25, 0.3) is 0 Å². The third-order valence-electron chi connectivity index (χ3n) is 4.24. The van der Waals surface area contributed by atoms with E-state index in [-0.39, 0.29) is 34.1 Å². The number of ether oxygens (including phenoxy) is 6. The molecule has 28 heavy (non-hydrogen) atoms. The molecular formula is C20H24O8. The predicted octanol–water partition coefficient (Wildman–Crippen LogP) is 2.65. The molecule has 0 saturated heterocycles. The number of rotatable bonds is 9. The normalized spacial score (nSPS) is 11.4. The summed E-state index contributed by atoms with van der Waals surface area (Å²) in [6.45, 7) is 0. The van der Waals surface area contributed by atoms with Gasteiger partial charge in [0.2, 0.25) is 5.78 Å². The molecule has 0 bridgehead atoms. The molecular weight excluding hydrogens is 368 g/mol. The van der Waals surface area contributed by atoms with Crippen molar-refractivity contribution in [3.63, 3.8) is 0 Å². The maximum absolute atomic E-state index is 13.2. The Morgan fingerprint density at radius 1 is 0.679 bits per heavy atom. The van der Waals surface area contributed by atoms with E-state index in [2.05, 4.69) is 0 Å². The van der Waals surface area contributed by atoms with Crippen molar-refractivity contribution in [2.45, 2.75) is 6.10 Å². The van der Waals surface area contributed by atoms with Gasteiger partial charge in [0.05, 0.1) is 48.2 Å². The predicted molar refractivity (Wildman–Crippen MR) is 101 cm³/mol. The van der Waals surface area contributed by atoms with Gasteiger partial charge in [-0.1, -0.05) is 0 Å². The van der Waals surface area contributed by atoms with E-state index in [1.165, 1.54) is 54.8 Å². The summed E-state index contributed by atoms with van der Waals surface area (Å²) in [5.41, 5.74) is 0.231. The van der Waals surface area contributed by atoms with Crippen LogP contribution in [0.15, 0.2) is 24.3 Å². The Labute approximate surface area is 163 Å². The number of ketones is 1. The number of carbonyl (C=O) groups excluding carboxylic acids is 1. The van der Waals surface area contributed by atoms with E-state index in [1.807, 2.05) is 0 Å². The Morgan fingerprint density at radius 3 is 1.36 bits per heavy atom. The van der Waals surface area contributed by atoms with Crippen molar-refractivity contribution in [1.82, 2.24) is 0 Å². The summed E-state index contributed by atoms with van der Waals surface area (Å²) in [4.78, 5) is 13.2. The van der Waals surface area contributed by atoms with E-state index in [9.17, 15) is 9.90 Å². The molecule has 0 aliphatic heterocycles. The number of hydrogen-bond acceptors (Lipinski definition) is 8. The van der Waals surface area contributed by atoms with E-state index in [1.54, 1.807) is 12.1 Å². The number of hydrogen-bond donors (Lipinski definition) is 1. The monoisotopic (exact) mass is 392 g/mol. The molecule has 2 rings (SSSR count). The van der Waals surface area contributed by atoms with Gasteiger partial charge < -0.3 is 33.5 Å². The average molecular weight is 392 g/mol. The van der Waals surface area contributed by atoms with Crippen molar-refractivity contribution in [3.8, 4) is 34.5 Å². The van der Waals surface area contributed by atoms with Gasteiger partial charge in [0.15, 0.2) is 0 Å².